The van der Waals surface area contributed by atoms with Gasteiger partial charge < -0.3 is 4.42 Å². The molecule has 100 valence electrons. The minimum Gasteiger partial charge on any atom is -0.456 e. The van der Waals surface area contributed by atoms with E-state index in [2.05, 4.69) is 4.98 Å². The number of aromatic nitrogens is 1. The largest absolute Gasteiger partial charge is 0.456 e. The molecule has 2 aromatic heterocycles. The molecule has 3 aromatic carbocycles. The summed E-state index contributed by atoms with van der Waals surface area (Å²) in [6.45, 7) is 0. The Morgan fingerprint density at radius 3 is 2.52 bits per heavy atom. The van der Waals surface area contributed by atoms with E-state index in [0.717, 1.165) is 21.7 Å². The van der Waals surface area contributed by atoms with Crippen LogP contribution >= 0.6 is 0 Å². The van der Waals surface area contributed by atoms with Gasteiger partial charge in [0.2, 0.25) is 0 Å². The standard InChI is InChI=1S/C17H7F2NO/c18-8-1-2-10-11(5-8)12-6-9(19)7-14-15(12)16-13(21-14)3-4-20-17(10)16/h1-7H. The van der Waals surface area contributed by atoms with E-state index in [1.54, 1.807) is 18.3 Å². The van der Waals surface area contributed by atoms with Crippen LogP contribution in [0.3, 0.4) is 0 Å². The molecule has 0 radical (unpaired) electrons. The number of benzene rings is 3. The molecule has 0 saturated heterocycles. The van der Waals surface area contributed by atoms with Gasteiger partial charge in [-0.2, -0.15) is 0 Å². The molecule has 0 aliphatic rings. The maximum atomic E-state index is 13.9. The first-order chi connectivity index (χ1) is 10.2. The third-order valence-electron chi connectivity index (χ3n) is 3.98. The Balaban J connectivity index is 2.28. The fourth-order valence-corrected chi connectivity index (χ4v) is 3.17. The Hall–Kier alpha value is -2.75. The fourth-order valence-electron chi connectivity index (χ4n) is 3.17. The molecule has 0 amide bonds. The number of hydrogen-bond acceptors (Lipinski definition) is 2. The van der Waals surface area contributed by atoms with E-state index < -0.39 is 5.82 Å². The van der Waals surface area contributed by atoms with Gasteiger partial charge in [-0.05, 0) is 41.1 Å². The number of fused-ring (bicyclic) bond motifs is 3. The third kappa shape index (κ3) is 1.27. The normalized spacial score (nSPS) is 12.3. The van der Waals surface area contributed by atoms with E-state index in [1.165, 1.54) is 24.3 Å². The van der Waals surface area contributed by atoms with Crippen LogP contribution < -0.4 is 0 Å². The summed E-state index contributed by atoms with van der Waals surface area (Å²) in [5.74, 6) is -0.756. The van der Waals surface area contributed by atoms with E-state index in [9.17, 15) is 8.78 Å². The van der Waals surface area contributed by atoms with Crippen LogP contribution in [0.1, 0.15) is 0 Å². The molecule has 5 rings (SSSR count). The number of hydrogen-bond donors (Lipinski definition) is 0. The molecule has 0 aliphatic heterocycles. The first-order valence-electron chi connectivity index (χ1n) is 6.53. The van der Waals surface area contributed by atoms with Gasteiger partial charge >= 0.3 is 0 Å². The minimum atomic E-state index is -0.400. The van der Waals surface area contributed by atoms with Gasteiger partial charge in [0.05, 0.1) is 10.9 Å². The first-order valence-corrected chi connectivity index (χ1v) is 6.53. The second-order valence-electron chi connectivity index (χ2n) is 5.15. The van der Waals surface area contributed by atoms with Crippen molar-refractivity contribution in [2.24, 2.45) is 0 Å². The molecule has 0 aliphatic carbocycles. The molecule has 0 unspecified atom stereocenters. The van der Waals surface area contributed by atoms with Gasteiger partial charge in [0.25, 0.3) is 0 Å². The van der Waals surface area contributed by atoms with Crippen LogP contribution in [0.15, 0.2) is 47.0 Å². The van der Waals surface area contributed by atoms with Crippen molar-refractivity contribution < 1.29 is 13.2 Å². The van der Waals surface area contributed by atoms with Crippen molar-refractivity contribution >= 4 is 43.6 Å². The quantitative estimate of drug-likeness (QED) is 0.373. The fraction of sp³-hybridized carbons (Fsp3) is 0. The van der Waals surface area contributed by atoms with E-state index in [4.69, 9.17) is 4.42 Å². The maximum absolute atomic E-state index is 13.9. The smallest absolute Gasteiger partial charge is 0.139 e. The molecule has 5 aromatic rings. The highest BCUT2D eigenvalue weighted by atomic mass is 19.1. The van der Waals surface area contributed by atoms with Crippen LogP contribution in [0, 0.1) is 11.6 Å². The second kappa shape index (κ2) is 3.47. The Kier molecular flexibility index (Phi) is 1.81. The molecular formula is C17H7F2NO. The van der Waals surface area contributed by atoms with E-state index in [1.807, 2.05) is 0 Å². The maximum Gasteiger partial charge on any atom is 0.139 e. The molecule has 0 saturated carbocycles. The van der Waals surface area contributed by atoms with Crippen LogP contribution in [0.2, 0.25) is 0 Å². The molecule has 0 N–H and O–H groups in total. The molecule has 0 spiro atoms. The van der Waals surface area contributed by atoms with Crippen molar-refractivity contribution in [1.29, 1.82) is 0 Å². The first kappa shape index (κ1) is 11.0. The van der Waals surface area contributed by atoms with Crippen LogP contribution in [-0.4, -0.2) is 4.98 Å². The van der Waals surface area contributed by atoms with Crippen LogP contribution in [-0.2, 0) is 0 Å². The van der Waals surface area contributed by atoms with Gasteiger partial charge in [-0.25, -0.2) is 8.78 Å². The lowest BCUT2D eigenvalue weighted by molar-refractivity contribution is 0.619. The minimum absolute atomic E-state index is 0.356. The molecule has 2 nitrogen and oxygen atoms in total. The van der Waals surface area contributed by atoms with Gasteiger partial charge in [-0.3, -0.25) is 4.98 Å². The van der Waals surface area contributed by atoms with E-state index in [0.29, 0.717) is 21.9 Å². The lowest BCUT2D eigenvalue weighted by Gasteiger charge is -2.07. The second-order valence-corrected chi connectivity index (χ2v) is 5.15. The van der Waals surface area contributed by atoms with Gasteiger partial charge in [-0.1, -0.05) is 0 Å². The van der Waals surface area contributed by atoms with Crippen molar-refractivity contribution in [3.05, 3.63) is 54.2 Å². The van der Waals surface area contributed by atoms with E-state index in [-0.39, 0.29) is 5.82 Å². The lowest BCUT2D eigenvalue weighted by atomic mass is 9.97. The Bertz CT molecular complexity index is 1160. The zero-order valence-corrected chi connectivity index (χ0v) is 10.7. The number of furan rings is 1. The van der Waals surface area contributed by atoms with Crippen molar-refractivity contribution in [2.45, 2.75) is 0 Å². The lowest BCUT2D eigenvalue weighted by Crippen LogP contribution is -1.86. The van der Waals surface area contributed by atoms with Crippen LogP contribution in [0.5, 0.6) is 0 Å². The van der Waals surface area contributed by atoms with Crippen molar-refractivity contribution in [3.8, 4) is 0 Å². The Labute approximate surface area is 116 Å². The molecule has 4 heteroatoms. The summed E-state index contributed by atoms with van der Waals surface area (Å²) in [6.07, 6.45) is 1.65. The van der Waals surface area contributed by atoms with E-state index >= 15 is 0 Å². The molecule has 0 bridgehead atoms. The number of halogens is 2. The summed E-state index contributed by atoms with van der Waals surface area (Å²) < 4.78 is 33.2. The molecular weight excluding hydrogens is 272 g/mol. The Morgan fingerprint density at radius 2 is 1.62 bits per heavy atom. The van der Waals surface area contributed by atoms with Gasteiger partial charge in [0, 0.05) is 23.0 Å². The van der Waals surface area contributed by atoms with Crippen LogP contribution in [0.4, 0.5) is 8.78 Å². The predicted octanol–water partition coefficient (Wildman–Crippen LogP) is 5.00. The van der Waals surface area contributed by atoms with Gasteiger partial charge in [0.15, 0.2) is 0 Å². The van der Waals surface area contributed by atoms with Gasteiger partial charge in [-0.15, -0.1) is 0 Å². The molecule has 2 heterocycles. The van der Waals surface area contributed by atoms with Crippen molar-refractivity contribution in [2.75, 3.05) is 0 Å². The van der Waals surface area contributed by atoms with Gasteiger partial charge in [0.1, 0.15) is 22.8 Å². The summed E-state index contributed by atoms with van der Waals surface area (Å²) in [7, 11) is 0. The highest BCUT2D eigenvalue weighted by molar-refractivity contribution is 6.31. The molecule has 21 heavy (non-hydrogen) atoms. The molecule has 0 atom stereocenters. The number of pyridine rings is 1. The average molecular weight is 279 g/mol. The summed E-state index contributed by atoms with van der Waals surface area (Å²) in [6, 6.07) is 9.02. The zero-order valence-electron chi connectivity index (χ0n) is 10.7. The number of nitrogens with zero attached hydrogens (tertiary/aromatic N) is 1. The summed E-state index contributed by atoms with van der Waals surface area (Å²) in [5, 5.41) is 3.75. The summed E-state index contributed by atoms with van der Waals surface area (Å²) >= 11 is 0. The third-order valence-corrected chi connectivity index (χ3v) is 3.98. The SMILES string of the molecule is Fc1ccc2c(c1)c1cc(F)cc3oc4ccnc2c4c31. The predicted molar refractivity (Wildman–Crippen MR) is 77.6 cm³/mol. The van der Waals surface area contributed by atoms with Crippen LogP contribution in [0.25, 0.3) is 43.6 Å². The molecule has 0 fully saturated rings. The van der Waals surface area contributed by atoms with Crippen molar-refractivity contribution in [1.82, 2.24) is 4.98 Å². The number of rotatable bonds is 0. The Morgan fingerprint density at radius 1 is 0.762 bits per heavy atom. The monoisotopic (exact) mass is 279 g/mol. The summed E-state index contributed by atoms with van der Waals surface area (Å²) in [4.78, 5) is 4.41. The average Bonchev–Trinajstić information content (AvgIpc) is 2.84. The highest BCUT2D eigenvalue weighted by Gasteiger charge is 2.18. The highest BCUT2D eigenvalue weighted by Crippen LogP contribution is 2.41. The van der Waals surface area contributed by atoms with Crippen molar-refractivity contribution in [3.63, 3.8) is 0 Å². The zero-order chi connectivity index (χ0) is 14.1. The summed E-state index contributed by atoms with van der Waals surface area (Å²) in [5.41, 5.74) is 1.88. The topological polar surface area (TPSA) is 26.0 Å².